The first-order valence-corrected chi connectivity index (χ1v) is 7.16. The van der Waals surface area contributed by atoms with E-state index in [0.29, 0.717) is 24.3 Å². The quantitative estimate of drug-likeness (QED) is 0.844. The average Bonchev–Trinajstić information content (AvgIpc) is 2.89. The van der Waals surface area contributed by atoms with E-state index < -0.39 is 11.8 Å². The van der Waals surface area contributed by atoms with E-state index in [1.54, 1.807) is 19.2 Å². The van der Waals surface area contributed by atoms with Crippen LogP contribution in [0.25, 0.3) is 5.52 Å². The summed E-state index contributed by atoms with van der Waals surface area (Å²) < 4.78 is 1.47. The standard InChI is InChI=1S/C15H19N3O3/c1-9-4-3-6-18-12(9)13(14(20)16-15(18)21)17-7-5-11(8-17)10(2)19/h3-4,6,10-11,19H,5,7-8H2,1-2H3,(H,16,20,21). The monoisotopic (exact) mass is 289 g/mol. The van der Waals surface area contributed by atoms with E-state index in [2.05, 4.69) is 4.98 Å². The Kier molecular flexibility index (Phi) is 3.33. The zero-order valence-electron chi connectivity index (χ0n) is 12.2. The van der Waals surface area contributed by atoms with Crippen LogP contribution in [0, 0.1) is 12.8 Å². The number of aromatic nitrogens is 2. The summed E-state index contributed by atoms with van der Waals surface area (Å²) in [7, 11) is 0. The molecule has 0 aliphatic carbocycles. The van der Waals surface area contributed by atoms with Crippen molar-refractivity contribution in [3.63, 3.8) is 0 Å². The van der Waals surface area contributed by atoms with Crippen molar-refractivity contribution in [2.75, 3.05) is 18.0 Å². The molecule has 0 radical (unpaired) electrons. The van der Waals surface area contributed by atoms with Crippen molar-refractivity contribution in [2.24, 2.45) is 5.92 Å². The molecule has 1 aliphatic heterocycles. The van der Waals surface area contributed by atoms with Gasteiger partial charge in [0, 0.05) is 25.2 Å². The summed E-state index contributed by atoms with van der Waals surface area (Å²) in [6.45, 7) is 5.00. The maximum absolute atomic E-state index is 12.3. The molecule has 3 heterocycles. The molecule has 0 amide bonds. The zero-order chi connectivity index (χ0) is 15.1. The van der Waals surface area contributed by atoms with Crippen molar-refractivity contribution < 1.29 is 5.11 Å². The van der Waals surface area contributed by atoms with Gasteiger partial charge in [-0.15, -0.1) is 0 Å². The van der Waals surface area contributed by atoms with Crippen LogP contribution in [-0.2, 0) is 0 Å². The largest absolute Gasteiger partial charge is 0.393 e. The molecule has 1 aliphatic rings. The molecule has 3 rings (SSSR count). The lowest BCUT2D eigenvalue weighted by Crippen LogP contribution is -2.34. The molecule has 2 N–H and O–H groups in total. The van der Waals surface area contributed by atoms with E-state index in [9.17, 15) is 14.7 Å². The van der Waals surface area contributed by atoms with Crippen LogP contribution in [0.15, 0.2) is 27.9 Å². The third-order valence-corrected chi connectivity index (χ3v) is 4.30. The van der Waals surface area contributed by atoms with Gasteiger partial charge in [-0.1, -0.05) is 6.07 Å². The van der Waals surface area contributed by atoms with Crippen LogP contribution in [0.1, 0.15) is 18.9 Å². The number of pyridine rings is 1. The van der Waals surface area contributed by atoms with Gasteiger partial charge in [0.2, 0.25) is 0 Å². The van der Waals surface area contributed by atoms with Crippen molar-refractivity contribution in [3.05, 3.63) is 44.7 Å². The summed E-state index contributed by atoms with van der Waals surface area (Å²) in [5.74, 6) is 0.153. The molecule has 2 aromatic rings. The number of aromatic amines is 1. The first-order valence-electron chi connectivity index (χ1n) is 7.16. The molecule has 0 spiro atoms. The van der Waals surface area contributed by atoms with E-state index in [1.807, 2.05) is 17.9 Å². The summed E-state index contributed by atoms with van der Waals surface area (Å²) in [6.07, 6.45) is 2.11. The average molecular weight is 289 g/mol. The van der Waals surface area contributed by atoms with Crippen LogP contribution in [0.3, 0.4) is 0 Å². The number of rotatable bonds is 2. The maximum atomic E-state index is 12.3. The predicted molar refractivity (Wildman–Crippen MR) is 81.0 cm³/mol. The van der Waals surface area contributed by atoms with E-state index in [4.69, 9.17) is 0 Å². The molecule has 2 aromatic heterocycles. The number of aliphatic hydroxyl groups is 1. The van der Waals surface area contributed by atoms with E-state index in [0.717, 1.165) is 12.0 Å². The highest BCUT2D eigenvalue weighted by molar-refractivity contribution is 5.75. The summed E-state index contributed by atoms with van der Waals surface area (Å²) in [5, 5.41) is 9.73. The number of hydrogen-bond donors (Lipinski definition) is 2. The highest BCUT2D eigenvalue weighted by atomic mass is 16.3. The third kappa shape index (κ3) is 2.25. The van der Waals surface area contributed by atoms with Gasteiger partial charge in [0.05, 0.1) is 11.6 Å². The van der Waals surface area contributed by atoms with Gasteiger partial charge in [-0.2, -0.15) is 0 Å². The molecule has 2 atom stereocenters. The Morgan fingerprint density at radius 3 is 2.86 bits per heavy atom. The second-order valence-corrected chi connectivity index (χ2v) is 5.75. The minimum absolute atomic E-state index is 0.153. The zero-order valence-corrected chi connectivity index (χ0v) is 12.2. The summed E-state index contributed by atoms with van der Waals surface area (Å²) in [5.41, 5.74) is 1.28. The minimum Gasteiger partial charge on any atom is -0.393 e. The highest BCUT2D eigenvalue weighted by Crippen LogP contribution is 2.27. The fourth-order valence-electron chi connectivity index (χ4n) is 3.09. The van der Waals surface area contributed by atoms with Crippen molar-refractivity contribution in [3.8, 4) is 0 Å². The number of anilines is 1. The smallest absolute Gasteiger partial charge is 0.333 e. The topological polar surface area (TPSA) is 77.8 Å². The lowest BCUT2D eigenvalue weighted by atomic mass is 10.0. The van der Waals surface area contributed by atoms with E-state index in [1.165, 1.54) is 4.40 Å². The highest BCUT2D eigenvalue weighted by Gasteiger charge is 2.29. The van der Waals surface area contributed by atoms with Gasteiger partial charge >= 0.3 is 5.69 Å². The molecule has 1 fully saturated rings. The second kappa shape index (κ2) is 5.04. The Bertz CT molecular complexity index is 791. The Labute approximate surface area is 121 Å². The van der Waals surface area contributed by atoms with Crippen LogP contribution in [0.4, 0.5) is 5.69 Å². The van der Waals surface area contributed by atoms with Crippen LogP contribution in [0.5, 0.6) is 0 Å². The lowest BCUT2D eigenvalue weighted by Gasteiger charge is -2.21. The Balaban J connectivity index is 2.20. The molecular weight excluding hydrogens is 270 g/mol. The van der Waals surface area contributed by atoms with Crippen molar-refractivity contribution >= 4 is 11.2 Å². The van der Waals surface area contributed by atoms with Gasteiger partial charge in [-0.3, -0.25) is 14.2 Å². The van der Waals surface area contributed by atoms with Crippen LogP contribution in [0.2, 0.25) is 0 Å². The van der Waals surface area contributed by atoms with Gasteiger partial charge in [0.15, 0.2) is 0 Å². The number of fused-ring (bicyclic) bond motifs is 1. The van der Waals surface area contributed by atoms with Gasteiger partial charge in [0.1, 0.15) is 5.69 Å². The molecule has 6 nitrogen and oxygen atoms in total. The normalized spacial score (nSPS) is 20.1. The number of H-pyrrole nitrogens is 1. The number of aliphatic hydroxyl groups excluding tert-OH is 1. The Hall–Kier alpha value is -2.08. The molecule has 0 aromatic carbocycles. The molecule has 21 heavy (non-hydrogen) atoms. The van der Waals surface area contributed by atoms with Gasteiger partial charge in [-0.05, 0) is 31.9 Å². The lowest BCUT2D eigenvalue weighted by molar-refractivity contribution is 0.136. The number of nitrogens with one attached hydrogen (secondary N) is 1. The molecular formula is C15H19N3O3. The third-order valence-electron chi connectivity index (χ3n) is 4.30. The van der Waals surface area contributed by atoms with Crippen molar-refractivity contribution in [2.45, 2.75) is 26.4 Å². The number of aryl methyl sites for hydroxylation is 1. The molecule has 6 heteroatoms. The van der Waals surface area contributed by atoms with Gasteiger partial charge < -0.3 is 10.0 Å². The van der Waals surface area contributed by atoms with Crippen LogP contribution in [-0.4, -0.2) is 33.7 Å². The summed E-state index contributed by atoms with van der Waals surface area (Å²) in [6, 6.07) is 3.67. The first kappa shape index (κ1) is 13.9. The number of nitrogens with zero attached hydrogens (tertiary/aromatic N) is 2. The SMILES string of the molecule is Cc1cccn2c(=O)[nH]c(=O)c(N3CCC(C(C)O)C3)c12. The van der Waals surface area contributed by atoms with Crippen LogP contribution >= 0.6 is 0 Å². The van der Waals surface area contributed by atoms with Crippen LogP contribution < -0.4 is 16.1 Å². The van der Waals surface area contributed by atoms with E-state index >= 15 is 0 Å². The molecule has 0 bridgehead atoms. The second-order valence-electron chi connectivity index (χ2n) is 5.75. The predicted octanol–water partition coefficient (Wildman–Crippen LogP) is 0.503. The fraction of sp³-hybridized carbons (Fsp3) is 0.467. The summed E-state index contributed by atoms with van der Waals surface area (Å²) >= 11 is 0. The molecule has 2 unspecified atom stereocenters. The number of hydrogen-bond acceptors (Lipinski definition) is 4. The maximum Gasteiger partial charge on any atom is 0.333 e. The molecule has 0 saturated carbocycles. The van der Waals surface area contributed by atoms with Gasteiger partial charge in [-0.25, -0.2) is 4.79 Å². The molecule has 112 valence electrons. The van der Waals surface area contributed by atoms with Gasteiger partial charge in [0.25, 0.3) is 5.56 Å². The Morgan fingerprint density at radius 2 is 2.19 bits per heavy atom. The fourth-order valence-corrected chi connectivity index (χ4v) is 3.09. The first-order chi connectivity index (χ1) is 9.99. The van der Waals surface area contributed by atoms with E-state index in [-0.39, 0.29) is 11.5 Å². The molecule has 1 saturated heterocycles. The summed E-state index contributed by atoms with van der Waals surface area (Å²) in [4.78, 5) is 28.6. The minimum atomic E-state index is -0.422. The Morgan fingerprint density at radius 1 is 1.43 bits per heavy atom. The van der Waals surface area contributed by atoms with Crippen molar-refractivity contribution in [1.82, 2.24) is 9.38 Å². The van der Waals surface area contributed by atoms with Crippen molar-refractivity contribution in [1.29, 1.82) is 0 Å².